The molecule has 0 aliphatic heterocycles. The lowest BCUT2D eigenvalue weighted by Gasteiger charge is -2.08. The molecule has 0 unspecified atom stereocenters. The van der Waals surface area contributed by atoms with Gasteiger partial charge >= 0.3 is 0 Å². The Hall–Kier alpha value is -1.50. The standard InChI is InChI=1S/C15H14IN3O/c1-9-13(8-17-14(18-9)10-2-3-10)15(20)19-12-6-4-11(16)5-7-12/h4-8,10H,2-3H2,1H3,(H,19,20). The largest absolute Gasteiger partial charge is 0.322 e. The van der Waals surface area contributed by atoms with E-state index in [1.165, 1.54) is 0 Å². The summed E-state index contributed by atoms with van der Waals surface area (Å²) in [7, 11) is 0. The molecule has 0 radical (unpaired) electrons. The summed E-state index contributed by atoms with van der Waals surface area (Å²) in [5.74, 6) is 1.21. The van der Waals surface area contributed by atoms with E-state index in [0.29, 0.717) is 11.5 Å². The van der Waals surface area contributed by atoms with E-state index in [9.17, 15) is 4.79 Å². The Labute approximate surface area is 131 Å². The number of hydrogen-bond acceptors (Lipinski definition) is 3. The van der Waals surface area contributed by atoms with Crippen molar-refractivity contribution < 1.29 is 4.79 Å². The van der Waals surface area contributed by atoms with Crippen LogP contribution in [-0.2, 0) is 0 Å². The molecular formula is C15H14IN3O. The number of benzene rings is 1. The van der Waals surface area contributed by atoms with E-state index in [1.807, 2.05) is 31.2 Å². The lowest BCUT2D eigenvalue weighted by Crippen LogP contribution is -2.15. The van der Waals surface area contributed by atoms with Crippen LogP contribution in [0.4, 0.5) is 5.69 Å². The molecule has 1 fully saturated rings. The van der Waals surface area contributed by atoms with Gasteiger partial charge in [-0.2, -0.15) is 0 Å². The Kier molecular flexibility index (Phi) is 3.69. The van der Waals surface area contributed by atoms with Crippen molar-refractivity contribution in [3.63, 3.8) is 0 Å². The Bertz CT molecular complexity index is 651. The van der Waals surface area contributed by atoms with Crippen LogP contribution < -0.4 is 5.32 Å². The quantitative estimate of drug-likeness (QED) is 0.831. The fourth-order valence-electron chi connectivity index (χ4n) is 1.98. The first-order chi connectivity index (χ1) is 9.63. The van der Waals surface area contributed by atoms with Crippen LogP contribution in [0.2, 0.25) is 0 Å². The number of aromatic nitrogens is 2. The number of carbonyl (C=O) groups excluding carboxylic acids is 1. The zero-order chi connectivity index (χ0) is 14.1. The van der Waals surface area contributed by atoms with E-state index in [2.05, 4.69) is 37.9 Å². The third-order valence-corrected chi connectivity index (χ3v) is 4.01. The Morgan fingerprint density at radius 2 is 2.00 bits per heavy atom. The third-order valence-electron chi connectivity index (χ3n) is 3.29. The van der Waals surface area contributed by atoms with Gasteiger partial charge in [0.2, 0.25) is 0 Å². The molecule has 0 atom stereocenters. The zero-order valence-corrected chi connectivity index (χ0v) is 13.2. The van der Waals surface area contributed by atoms with Gasteiger partial charge in [-0.15, -0.1) is 0 Å². The lowest BCUT2D eigenvalue weighted by atomic mass is 10.2. The smallest absolute Gasteiger partial charge is 0.259 e. The molecule has 1 aromatic carbocycles. The second-order valence-corrected chi connectivity index (χ2v) is 6.21. The van der Waals surface area contributed by atoms with Gasteiger partial charge in [-0.1, -0.05) is 0 Å². The predicted octanol–water partition coefficient (Wildman–Crippen LogP) is 3.52. The Balaban J connectivity index is 1.78. The highest BCUT2D eigenvalue weighted by atomic mass is 127. The third kappa shape index (κ3) is 2.98. The average Bonchev–Trinajstić information content (AvgIpc) is 3.25. The van der Waals surface area contributed by atoms with E-state index >= 15 is 0 Å². The number of anilines is 1. The van der Waals surface area contributed by atoms with Gasteiger partial charge in [0.05, 0.1) is 11.3 Å². The van der Waals surface area contributed by atoms with Crippen LogP contribution in [0.5, 0.6) is 0 Å². The molecule has 102 valence electrons. The maximum absolute atomic E-state index is 12.2. The van der Waals surface area contributed by atoms with E-state index < -0.39 is 0 Å². The van der Waals surface area contributed by atoms with E-state index in [-0.39, 0.29) is 5.91 Å². The molecule has 3 rings (SSSR count). The van der Waals surface area contributed by atoms with Crippen molar-refractivity contribution in [3.8, 4) is 0 Å². The molecule has 0 saturated heterocycles. The van der Waals surface area contributed by atoms with Crippen LogP contribution in [-0.4, -0.2) is 15.9 Å². The highest BCUT2D eigenvalue weighted by molar-refractivity contribution is 14.1. The van der Waals surface area contributed by atoms with Crippen LogP contribution in [0.1, 0.15) is 40.6 Å². The minimum Gasteiger partial charge on any atom is -0.322 e. The number of rotatable bonds is 3. The second-order valence-electron chi connectivity index (χ2n) is 4.96. The SMILES string of the molecule is Cc1nc(C2CC2)ncc1C(=O)Nc1ccc(I)cc1. The molecule has 1 amide bonds. The van der Waals surface area contributed by atoms with E-state index in [4.69, 9.17) is 0 Å². The summed E-state index contributed by atoms with van der Waals surface area (Å²) in [4.78, 5) is 21.0. The van der Waals surface area contributed by atoms with Gasteiger partial charge in [0.25, 0.3) is 5.91 Å². The Morgan fingerprint density at radius 3 is 2.60 bits per heavy atom. The maximum Gasteiger partial charge on any atom is 0.259 e. The van der Waals surface area contributed by atoms with Crippen LogP contribution in [0, 0.1) is 10.5 Å². The number of amides is 1. The van der Waals surface area contributed by atoms with Gasteiger partial charge in [-0.25, -0.2) is 9.97 Å². The lowest BCUT2D eigenvalue weighted by molar-refractivity contribution is 0.102. The fraction of sp³-hybridized carbons (Fsp3) is 0.267. The summed E-state index contributed by atoms with van der Waals surface area (Å²) in [6.45, 7) is 1.86. The van der Waals surface area contributed by atoms with Crippen molar-refractivity contribution in [1.29, 1.82) is 0 Å². The van der Waals surface area contributed by atoms with Crippen molar-refractivity contribution in [2.75, 3.05) is 5.32 Å². The summed E-state index contributed by atoms with van der Waals surface area (Å²) >= 11 is 2.23. The molecule has 1 saturated carbocycles. The normalized spacial score (nSPS) is 14.1. The second kappa shape index (κ2) is 5.47. The molecular weight excluding hydrogens is 365 g/mol. The molecule has 5 heteroatoms. The topological polar surface area (TPSA) is 54.9 Å². The van der Waals surface area contributed by atoms with E-state index in [0.717, 1.165) is 33.6 Å². The maximum atomic E-state index is 12.2. The number of hydrogen-bond donors (Lipinski definition) is 1. The monoisotopic (exact) mass is 379 g/mol. The van der Waals surface area contributed by atoms with Crippen molar-refractivity contribution in [2.45, 2.75) is 25.7 Å². The molecule has 0 spiro atoms. The van der Waals surface area contributed by atoms with Crippen LogP contribution in [0.3, 0.4) is 0 Å². The van der Waals surface area contributed by atoms with Crippen molar-refractivity contribution in [2.24, 2.45) is 0 Å². The summed E-state index contributed by atoms with van der Waals surface area (Å²) < 4.78 is 1.13. The van der Waals surface area contributed by atoms with E-state index in [1.54, 1.807) is 6.20 Å². The molecule has 1 aromatic heterocycles. The van der Waals surface area contributed by atoms with Gasteiger partial charge < -0.3 is 5.32 Å². The molecule has 1 N–H and O–H groups in total. The highest BCUT2D eigenvalue weighted by Gasteiger charge is 2.27. The van der Waals surface area contributed by atoms with Crippen molar-refractivity contribution in [3.05, 3.63) is 51.1 Å². The van der Waals surface area contributed by atoms with Gasteiger partial charge in [-0.05, 0) is 66.6 Å². The van der Waals surface area contributed by atoms with Crippen molar-refractivity contribution in [1.82, 2.24) is 9.97 Å². The van der Waals surface area contributed by atoms with Crippen LogP contribution in [0.25, 0.3) is 0 Å². The van der Waals surface area contributed by atoms with Crippen LogP contribution in [0.15, 0.2) is 30.5 Å². The minimum atomic E-state index is -0.161. The minimum absolute atomic E-state index is 0.161. The summed E-state index contributed by atoms with van der Waals surface area (Å²) in [5.41, 5.74) is 2.05. The first kappa shape index (κ1) is 13.5. The molecule has 4 nitrogen and oxygen atoms in total. The first-order valence-electron chi connectivity index (χ1n) is 6.54. The van der Waals surface area contributed by atoms with Crippen molar-refractivity contribution >= 4 is 34.2 Å². The number of nitrogens with zero attached hydrogens (tertiary/aromatic N) is 2. The summed E-state index contributed by atoms with van der Waals surface area (Å²) in [6, 6.07) is 7.67. The number of aryl methyl sites for hydroxylation is 1. The fourth-order valence-corrected chi connectivity index (χ4v) is 2.34. The highest BCUT2D eigenvalue weighted by Crippen LogP contribution is 2.37. The van der Waals surface area contributed by atoms with Crippen LogP contribution >= 0.6 is 22.6 Å². The first-order valence-corrected chi connectivity index (χ1v) is 7.62. The Morgan fingerprint density at radius 1 is 1.30 bits per heavy atom. The molecule has 1 aliphatic rings. The molecule has 20 heavy (non-hydrogen) atoms. The average molecular weight is 379 g/mol. The molecule has 1 aliphatic carbocycles. The summed E-state index contributed by atoms with van der Waals surface area (Å²) in [6.07, 6.45) is 3.96. The number of halogens is 1. The molecule has 0 bridgehead atoms. The van der Waals surface area contributed by atoms with Gasteiger partial charge in [0.15, 0.2) is 0 Å². The van der Waals surface area contributed by atoms with Gasteiger partial charge in [0, 0.05) is 21.4 Å². The van der Waals surface area contributed by atoms with Gasteiger partial charge in [-0.3, -0.25) is 4.79 Å². The molecule has 1 heterocycles. The predicted molar refractivity (Wildman–Crippen MR) is 85.9 cm³/mol. The zero-order valence-electron chi connectivity index (χ0n) is 11.1. The summed E-state index contributed by atoms with van der Waals surface area (Å²) in [5, 5.41) is 2.87. The number of nitrogens with one attached hydrogen (secondary N) is 1. The van der Waals surface area contributed by atoms with Gasteiger partial charge in [0.1, 0.15) is 5.82 Å². The molecule has 2 aromatic rings. The number of carbonyl (C=O) groups is 1.